The van der Waals surface area contributed by atoms with Crippen molar-refractivity contribution in [3.05, 3.63) is 71.8 Å². The second-order valence-corrected chi connectivity index (χ2v) is 7.37. The number of aromatic nitrogens is 2. The maximum atomic E-state index is 6.11. The van der Waals surface area contributed by atoms with Gasteiger partial charge in [-0.15, -0.1) is 0 Å². The van der Waals surface area contributed by atoms with E-state index in [9.17, 15) is 0 Å². The van der Waals surface area contributed by atoms with E-state index in [0.29, 0.717) is 28.0 Å². The van der Waals surface area contributed by atoms with Crippen LogP contribution >= 0.6 is 11.6 Å². The highest BCUT2D eigenvalue weighted by atomic mass is 35.5. The van der Waals surface area contributed by atoms with Crippen LogP contribution in [0, 0.1) is 0 Å². The minimum absolute atomic E-state index is 0.654. The first kappa shape index (κ1) is 21.6. The van der Waals surface area contributed by atoms with Gasteiger partial charge in [0, 0.05) is 28.3 Å². The van der Waals surface area contributed by atoms with Crippen LogP contribution in [0.3, 0.4) is 0 Å². The van der Waals surface area contributed by atoms with Crippen molar-refractivity contribution in [2.45, 2.75) is 0 Å². The summed E-state index contributed by atoms with van der Waals surface area (Å²) in [5.74, 6) is 2.76. The van der Waals surface area contributed by atoms with Crippen molar-refractivity contribution in [3.8, 4) is 51.2 Å². The summed E-state index contributed by atoms with van der Waals surface area (Å²) in [6.45, 7) is 0. The number of hydrogen-bond acceptors (Lipinski definition) is 5. The lowest BCUT2D eigenvalue weighted by Crippen LogP contribution is -2.00. The number of rotatable bonds is 7. The first-order valence-corrected chi connectivity index (χ1v) is 10.3. The Kier molecular flexibility index (Phi) is 6.23. The van der Waals surface area contributed by atoms with Crippen molar-refractivity contribution in [2.24, 2.45) is 0 Å². The van der Waals surface area contributed by atoms with Crippen LogP contribution in [0.15, 0.2) is 66.7 Å². The molecule has 0 aliphatic heterocycles. The van der Waals surface area contributed by atoms with E-state index < -0.39 is 0 Å². The van der Waals surface area contributed by atoms with Gasteiger partial charge < -0.3 is 18.9 Å². The molecule has 32 heavy (non-hydrogen) atoms. The van der Waals surface area contributed by atoms with Gasteiger partial charge in [0.15, 0.2) is 0 Å². The number of nitrogens with zero attached hydrogens (tertiary/aromatic N) is 2. The molecule has 0 amide bonds. The van der Waals surface area contributed by atoms with Crippen molar-refractivity contribution < 1.29 is 18.9 Å². The lowest BCUT2D eigenvalue weighted by molar-refractivity contribution is 0.395. The Balaban J connectivity index is 1.94. The van der Waals surface area contributed by atoms with Crippen molar-refractivity contribution in [1.29, 1.82) is 0 Å². The smallest absolute Gasteiger partial charge is 0.132 e. The number of hydrogen-bond donors (Lipinski definition) is 0. The van der Waals surface area contributed by atoms with Gasteiger partial charge >= 0.3 is 0 Å². The first-order chi connectivity index (χ1) is 15.6. The van der Waals surface area contributed by atoms with Crippen molar-refractivity contribution in [3.63, 3.8) is 0 Å². The summed E-state index contributed by atoms with van der Waals surface area (Å²) in [6, 6.07) is 20.9. The van der Waals surface area contributed by atoms with Crippen LogP contribution in [0.25, 0.3) is 28.2 Å². The minimum Gasteiger partial charge on any atom is -0.497 e. The Labute approximate surface area is 191 Å². The molecule has 0 N–H and O–H groups in total. The fourth-order valence-electron chi connectivity index (χ4n) is 3.50. The molecule has 0 aliphatic carbocycles. The average Bonchev–Trinajstić information content (AvgIpc) is 3.28. The molecule has 0 aliphatic rings. The molecule has 0 saturated heterocycles. The van der Waals surface area contributed by atoms with Crippen molar-refractivity contribution >= 4 is 11.6 Å². The zero-order valence-electron chi connectivity index (χ0n) is 18.3. The molecule has 164 valence electrons. The van der Waals surface area contributed by atoms with Gasteiger partial charge in [-0.25, -0.2) is 4.68 Å². The molecule has 0 unspecified atom stereocenters. The third-order valence-corrected chi connectivity index (χ3v) is 5.40. The van der Waals surface area contributed by atoms with Crippen molar-refractivity contribution in [2.75, 3.05) is 28.4 Å². The van der Waals surface area contributed by atoms with Gasteiger partial charge in [-0.3, -0.25) is 0 Å². The predicted molar refractivity (Wildman–Crippen MR) is 126 cm³/mol. The zero-order chi connectivity index (χ0) is 22.7. The highest BCUT2D eigenvalue weighted by molar-refractivity contribution is 6.30. The van der Waals surface area contributed by atoms with Gasteiger partial charge in [-0.05, 0) is 54.6 Å². The van der Waals surface area contributed by atoms with Crippen LogP contribution in [0.2, 0.25) is 5.02 Å². The summed E-state index contributed by atoms with van der Waals surface area (Å²) < 4.78 is 23.8. The van der Waals surface area contributed by atoms with E-state index in [0.717, 1.165) is 28.2 Å². The van der Waals surface area contributed by atoms with Crippen molar-refractivity contribution in [1.82, 2.24) is 9.78 Å². The number of halogens is 1. The van der Waals surface area contributed by atoms with E-state index in [4.69, 9.17) is 35.6 Å². The summed E-state index contributed by atoms with van der Waals surface area (Å²) in [7, 11) is 6.51. The van der Waals surface area contributed by atoms with E-state index in [1.807, 2.05) is 71.4 Å². The van der Waals surface area contributed by atoms with Gasteiger partial charge in [0.1, 0.15) is 23.0 Å². The van der Waals surface area contributed by atoms with Gasteiger partial charge in [-0.1, -0.05) is 11.6 Å². The van der Waals surface area contributed by atoms with Crippen LogP contribution < -0.4 is 18.9 Å². The number of benzene rings is 3. The maximum absolute atomic E-state index is 6.11. The first-order valence-electron chi connectivity index (χ1n) is 9.88. The van der Waals surface area contributed by atoms with Crippen LogP contribution in [-0.4, -0.2) is 38.2 Å². The molecule has 0 spiro atoms. The zero-order valence-corrected chi connectivity index (χ0v) is 19.0. The number of ether oxygens (including phenoxy) is 4. The molecule has 1 aromatic heterocycles. The molecule has 0 saturated carbocycles. The van der Waals surface area contributed by atoms with E-state index in [1.165, 1.54) is 0 Å². The molecule has 0 atom stereocenters. The summed E-state index contributed by atoms with van der Waals surface area (Å²) in [6.07, 6.45) is 0. The third kappa shape index (κ3) is 4.09. The predicted octanol–water partition coefficient (Wildman–Crippen LogP) is 5.89. The van der Waals surface area contributed by atoms with Crippen LogP contribution in [0.1, 0.15) is 0 Å². The second kappa shape index (κ2) is 9.24. The van der Waals surface area contributed by atoms with Gasteiger partial charge in [0.2, 0.25) is 0 Å². The minimum atomic E-state index is 0.654. The Morgan fingerprint density at radius 2 is 1.22 bits per heavy atom. The Morgan fingerprint density at radius 1 is 0.656 bits per heavy atom. The van der Waals surface area contributed by atoms with Crippen LogP contribution in [0.5, 0.6) is 23.0 Å². The van der Waals surface area contributed by atoms with Gasteiger partial charge in [0.25, 0.3) is 0 Å². The van der Waals surface area contributed by atoms with E-state index in [2.05, 4.69) is 0 Å². The molecule has 0 bridgehead atoms. The van der Waals surface area contributed by atoms with E-state index >= 15 is 0 Å². The average molecular weight is 451 g/mol. The lowest BCUT2D eigenvalue weighted by Gasteiger charge is -2.12. The van der Waals surface area contributed by atoms with Gasteiger partial charge in [-0.2, -0.15) is 5.10 Å². The molecule has 4 rings (SSSR count). The SMILES string of the molecule is COc1ccc(-c2cc(-c3ccc(OC)cc3OC)n(-c3ccc(Cl)cc3)n2)c(OC)c1. The maximum Gasteiger partial charge on any atom is 0.132 e. The summed E-state index contributed by atoms with van der Waals surface area (Å²) >= 11 is 6.11. The highest BCUT2D eigenvalue weighted by Crippen LogP contribution is 2.39. The molecule has 3 aromatic carbocycles. The molecule has 1 heterocycles. The van der Waals surface area contributed by atoms with Crippen LogP contribution in [-0.2, 0) is 0 Å². The lowest BCUT2D eigenvalue weighted by atomic mass is 10.1. The van der Waals surface area contributed by atoms with Crippen LogP contribution in [0.4, 0.5) is 0 Å². The summed E-state index contributed by atoms with van der Waals surface area (Å²) in [5, 5.41) is 5.56. The highest BCUT2D eigenvalue weighted by Gasteiger charge is 2.19. The molecule has 7 heteroatoms. The normalized spacial score (nSPS) is 10.7. The van der Waals surface area contributed by atoms with E-state index in [1.54, 1.807) is 28.4 Å². The molecule has 0 fully saturated rings. The third-order valence-electron chi connectivity index (χ3n) is 5.15. The fourth-order valence-corrected chi connectivity index (χ4v) is 3.63. The second-order valence-electron chi connectivity index (χ2n) is 6.94. The monoisotopic (exact) mass is 450 g/mol. The molecule has 0 radical (unpaired) electrons. The summed E-state index contributed by atoms with van der Waals surface area (Å²) in [4.78, 5) is 0. The van der Waals surface area contributed by atoms with Gasteiger partial charge in [0.05, 0.1) is 45.5 Å². The summed E-state index contributed by atoms with van der Waals surface area (Å²) in [5.41, 5.74) is 4.16. The fraction of sp³-hybridized carbons (Fsp3) is 0.160. The Bertz CT molecular complexity index is 1240. The standard InChI is InChI=1S/C25H23ClN2O4/c1-29-18-9-11-20(24(13-18)31-3)22-15-23(21-12-10-19(30-2)14-25(21)32-4)28(27-22)17-7-5-16(26)6-8-17/h5-15H,1-4H3. The molecular formula is C25H23ClN2O4. The quantitative estimate of drug-likeness (QED) is 0.351. The molecule has 6 nitrogen and oxygen atoms in total. The topological polar surface area (TPSA) is 54.7 Å². The molecular weight excluding hydrogens is 428 g/mol. The van der Waals surface area contributed by atoms with E-state index in [-0.39, 0.29) is 0 Å². The number of methoxy groups -OCH3 is 4. The molecule has 4 aromatic rings. The Hall–Kier alpha value is -3.64. The largest absolute Gasteiger partial charge is 0.497 e. The Morgan fingerprint density at radius 3 is 1.78 bits per heavy atom.